The molecule has 1 fully saturated rings. The molecule has 2 amide bonds. The number of rotatable bonds is 7. The van der Waals surface area contributed by atoms with Crippen molar-refractivity contribution in [1.82, 2.24) is 10.6 Å². The van der Waals surface area contributed by atoms with Crippen LogP contribution in [0, 0.1) is 19.8 Å². The van der Waals surface area contributed by atoms with E-state index in [4.69, 9.17) is 0 Å². The van der Waals surface area contributed by atoms with E-state index >= 15 is 0 Å². The summed E-state index contributed by atoms with van der Waals surface area (Å²) >= 11 is 0. The second-order valence-corrected chi connectivity index (χ2v) is 8.95. The van der Waals surface area contributed by atoms with Crippen LogP contribution >= 0.6 is 0 Å². The largest absolute Gasteiger partial charge is 0.416 e. The molecule has 3 rings (SSSR count). The average molecular weight is 461 g/mol. The van der Waals surface area contributed by atoms with Gasteiger partial charge in [-0.1, -0.05) is 42.7 Å². The van der Waals surface area contributed by atoms with Crippen LogP contribution in [0.2, 0.25) is 0 Å². The fourth-order valence-corrected chi connectivity index (χ4v) is 4.57. The molecular formula is C26H31F3N2O2. The van der Waals surface area contributed by atoms with Crippen molar-refractivity contribution < 1.29 is 22.8 Å². The molecule has 0 unspecified atom stereocenters. The number of hydrogen-bond donors (Lipinski definition) is 2. The molecule has 2 aromatic carbocycles. The van der Waals surface area contributed by atoms with Crippen LogP contribution in [0.4, 0.5) is 13.2 Å². The van der Waals surface area contributed by atoms with Crippen molar-refractivity contribution in [1.29, 1.82) is 0 Å². The first-order valence-corrected chi connectivity index (χ1v) is 11.4. The van der Waals surface area contributed by atoms with E-state index in [-0.39, 0.29) is 24.1 Å². The summed E-state index contributed by atoms with van der Waals surface area (Å²) in [5.41, 5.74) is 2.83. The molecule has 1 saturated carbocycles. The van der Waals surface area contributed by atoms with Gasteiger partial charge in [0.1, 0.15) is 0 Å². The van der Waals surface area contributed by atoms with E-state index in [0.29, 0.717) is 5.92 Å². The third kappa shape index (κ3) is 7.07. The maximum Gasteiger partial charge on any atom is 0.416 e. The lowest BCUT2D eigenvalue weighted by Gasteiger charge is -2.32. The van der Waals surface area contributed by atoms with Gasteiger partial charge in [0.25, 0.3) is 5.91 Å². The van der Waals surface area contributed by atoms with Gasteiger partial charge in [0.05, 0.1) is 12.1 Å². The van der Waals surface area contributed by atoms with Crippen molar-refractivity contribution in [3.8, 4) is 0 Å². The molecule has 1 aliphatic rings. The third-order valence-electron chi connectivity index (χ3n) is 6.40. The summed E-state index contributed by atoms with van der Waals surface area (Å²) in [7, 11) is 0. The number of benzene rings is 2. The molecule has 0 radical (unpaired) electrons. The molecule has 1 aliphatic carbocycles. The van der Waals surface area contributed by atoms with Crippen molar-refractivity contribution in [2.75, 3.05) is 6.54 Å². The van der Waals surface area contributed by atoms with E-state index in [1.54, 1.807) is 0 Å². The fraction of sp³-hybridized carbons (Fsp3) is 0.462. The lowest BCUT2D eigenvalue weighted by Crippen LogP contribution is -2.46. The molecule has 0 saturated heterocycles. The monoisotopic (exact) mass is 460 g/mol. The summed E-state index contributed by atoms with van der Waals surface area (Å²) in [5, 5.41) is 5.47. The molecule has 178 valence electrons. The average Bonchev–Trinajstić information content (AvgIpc) is 2.77. The normalized spacial score (nSPS) is 18.6. The number of aryl methyl sites for hydroxylation is 3. The van der Waals surface area contributed by atoms with Crippen LogP contribution in [-0.4, -0.2) is 24.4 Å². The summed E-state index contributed by atoms with van der Waals surface area (Å²) in [4.78, 5) is 24.7. The van der Waals surface area contributed by atoms with Gasteiger partial charge in [-0.2, -0.15) is 13.2 Å². The van der Waals surface area contributed by atoms with Gasteiger partial charge < -0.3 is 10.6 Å². The highest BCUT2D eigenvalue weighted by molar-refractivity contribution is 5.96. The van der Waals surface area contributed by atoms with Crippen molar-refractivity contribution in [3.63, 3.8) is 0 Å². The summed E-state index contributed by atoms with van der Waals surface area (Å²) in [6.45, 7) is 3.93. The number of carbonyl (C=O) groups is 2. The molecule has 0 aromatic heterocycles. The SMILES string of the molecule is Cc1ccc(CC[C@@H]2CCCC[C@@H]2NC(=O)CNC(=O)c2cccc(C(F)(F)F)c2)c(C)c1. The highest BCUT2D eigenvalue weighted by Gasteiger charge is 2.31. The second kappa shape index (κ2) is 10.9. The number of halogens is 3. The number of carbonyl (C=O) groups excluding carboxylic acids is 2. The zero-order valence-electron chi connectivity index (χ0n) is 19.1. The van der Waals surface area contributed by atoms with E-state index in [9.17, 15) is 22.8 Å². The van der Waals surface area contributed by atoms with Crippen LogP contribution in [0.5, 0.6) is 0 Å². The Morgan fingerprint density at radius 2 is 1.79 bits per heavy atom. The maximum absolute atomic E-state index is 12.9. The minimum Gasteiger partial charge on any atom is -0.352 e. The van der Waals surface area contributed by atoms with Crippen LogP contribution in [0.15, 0.2) is 42.5 Å². The van der Waals surface area contributed by atoms with Crippen LogP contribution in [0.25, 0.3) is 0 Å². The van der Waals surface area contributed by atoms with Crippen LogP contribution < -0.4 is 10.6 Å². The van der Waals surface area contributed by atoms with Crippen LogP contribution in [-0.2, 0) is 17.4 Å². The highest BCUT2D eigenvalue weighted by Crippen LogP contribution is 2.30. The van der Waals surface area contributed by atoms with Gasteiger partial charge in [0.15, 0.2) is 0 Å². The molecule has 0 bridgehead atoms. The summed E-state index contributed by atoms with van der Waals surface area (Å²) in [6, 6.07) is 10.7. The van der Waals surface area contributed by atoms with Crippen LogP contribution in [0.1, 0.15) is 64.7 Å². The topological polar surface area (TPSA) is 58.2 Å². The zero-order valence-corrected chi connectivity index (χ0v) is 19.1. The molecule has 2 atom stereocenters. The first kappa shape index (κ1) is 24.8. The molecule has 2 N–H and O–H groups in total. The Bertz CT molecular complexity index is 988. The molecule has 0 aliphatic heterocycles. The first-order chi connectivity index (χ1) is 15.6. The highest BCUT2D eigenvalue weighted by atomic mass is 19.4. The molecule has 7 heteroatoms. The van der Waals surface area contributed by atoms with Crippen molar-refractivity contribution in [3.05, 3.63) is 70.3 Å². The third-order valence-corrected chi connectivity index (χ3v) is 6.40. The fourth-order valence-electron chi connectivity index (χ4n) is 4.57. The van der Waals surface area contributed by atoms with Crippen molar-refractivity contribution >= 4 is 11.8 Å². The molecule has 33 heavy (non-hydrogen) atoms. The smallest absolute Gasteiger partial charge is 0.352 e. The van der Waals surface area contributed by atoms with Crippen molar-refractivity contribution in [2.45, 2.75) is 64.6 Å². The van der Waals surface area contributed by atoms with E-state index in [0.717, 1.165) is 50.7 Å². The summed E-state index contributed by atoms with van der Waals surface area (Å²) < 4.78 is 38.6. The standard InChI is InChI=1S/C26H31F3N2O2/c1-17-10-11-19(18(2)14-17)12-13-20-6-3-4-9-23(20)31-24(32)16-30-25(33)21-7-5-8-22(15-21)26(27,28)29/h5,7-8,10-11,14-15,20,23H,3-4,6,9,12-13,16H2,1-2H3,(H,30,33)(H,31,32)/t20-,23-/m0/s1. The van der Waals surface area contributed by atoms with Gasteiger partial charge in [0, 0.05) is 11.6 Å². The molecular weight excluding hydrogens is 429 g/mol. The first-order valence-electron chi connectivity index (χ1n) is 11.4. The van der Waals surface area contributed by atoms with Gasteiger partial charge in [-0.15, -0.1) is 0 Å². The van der Waals surface area contributed by atoms with E-state index in [1.807, 2.05) is 0 Å². The maximum atomic E-state index is 12.9. The summed E-state index contributed by atoms with van der Waals surface area (Å²) in [5.74, 6) is -0.660. The van der Waals surface area contributed by atoms with Gasteiger partial charge in [-0.3, -0.25) is 9.59 Å². The van der Waals surface area contributed by atoms with Crippen molar-refractivity contribution in [2.24, 2.45) is 5.92 Å². The van der Waals surface area contributed by atoms with Gasteiger partial charge in [-0.05, 0) is 74.8 Å². The molecule has 0 heterocycles. The zero-order chi connectivity index (χ0) is 24.0. The molecule has 0 spiro atoms. The molecule has 2 aromatic rings. The minimum atomic E-state index is -4.53. The Labute approximate surface area is 193 Å². The minimum absolute atomic E-state index is 0.0439. The predicted molar refractivity (Wildman–Crippen MR) is 122 cm³/mol. The Kier molecular flexibility index (Phi) is 8.16. The predicted octanol–water partition coefficient (Wildman–Crippen LogP) is 5.36. The molecule has 4 nitrogen and oxygen atoms in total. The Hall–Kier alpha value is -2.83. The van der Waals surface area contributed by atoms with E-state index in [2.05, 4.69) is 42.7 Å². The Morgan fingerprint density at radius 1 is 1.03 bits per heavy atom. The van der Waals surface area contributed by atoms with Gasteiger partial charge in [-0.25, -0.2) is 0 Å². The Morgan fingerprint density at radius 3 is 2.52 bits per heavy atom. The number of nitrogens with one attached hydrogen (secondary N) is 2. The summed E-state index contributed by atoms with van der Waals surface area (Å²) in [6.07, 6.45) is 1.52. The Balaban J connectivity index is 1.52. The second-order valence-electron chi connectivity index (χ2n) is 8.95. The lowest BCUT2D eigenvalue weighted by atomic mass is 9.80. The lowest BCUT2D eigenvalue weighted by molar-refractivity contribution is -0.137. The number of alkyl halides is 3. The van der Waals surface area contributed by atoms with Gasteiger partial charge in [0.2, 0.25) is 5.91 Å². The van der Waals surface area contributed by atoms with E-state index < -0.39 is 17.6 Å². The van der Waals surface area contributed by atoms with Gasteiger partial charge >= 0.3 is 6.18 Å². The van der Waals surface area contributed by atoms with E-state index in [1.165, 1.54) is 28.8 Å². The quantitative estimate of drug-likeness (QED) is 0.585. The number of amides is 2. The van der Waals surface area contributed by atoms with Crippen LogP contribution in [0.3, 0.4) is 0 Å². The number of hydrogen-bond acceptors (Lipinski definition) is 2.